The van der Waals surface area contributed by atoms with E-state index in [1.807, 2.05) is 6.08 Å². The van der Waals surface area contributed by atoms with Gasteiger partial charge in [0.25, 0.3) is 0 Å². The largest absolute Gasteiger partial charge is 0.134 e. The zero-order valence-electron chi connectivity index (χ0n) is 5.56. The molecule has 0 nitrogen and oxygen atoms in total. The molecule has 0 aliphatic carbocycles. The van der Waals surface area contributed by atoms with E-state index in [-0.39, 0.29) is 0 Å². The minimum absolute atomic E-state index is 0.762. The summed E-state index contributed by atoms with van der Waals surface area (Å²) in [6.45, 7) is 5.88. The Labute approximate surface area is 54.6 Å². The van der Waals surface area contributed by atoms with Gasteiger partial charge in [0.2, 0.25) is 0 Å². The Morgan fingerprint density at radius 3 is 2.75 bits per heavy atom. The van der Waals surface area contributed by atoms with Gasteiger partial charge in [-0.05, 0) is 18.5 Å². The summed E-state index contributed by atoms with van der Waals surface area (Å²) in [4.78, 5) is 0. The van der Waals surface area contributed by atoms with Crippen LogP contribution in [-0.4, -0.2) is 5.66 Å². The number of allylic oxidation sites excluding steroid dienone is 1. The van der Waals surface area contributed by atoms with Crippen molar-refractivity contribution < 1.29 is 0 Å². The molecule has 0 bridgehead atoms. The van der Waals surface area contributed by atoms with E-state index in [9.17, 15) is 0 Å². The summed E-state index contributed by atoms with van der Waals surface area (Å²) in [5.41, 5.74) is 0.762. The van der Waals surface area contributed by atoms with Crippen molar-refractivity contribution in [1.82, 2.24) is 0 Å². The normalized spacial score (nSPS) is 13.2. The molecule has 48 valence electrons. The van der Waals surface area contributed by atoms with Crippen molar-refractivity contribution in [2.75, 3.05) is 0 Å². The first-order chi connectivity index (χ1) is 3.81. The van der Waals surface area contributed by atoms with E-state index in [4.69, 9.17) is 0 Å². The van der Waals surface area contributed by atoms with E-state index in [1.165, 1.54) is 12.8 Å². The number of hydrogen-bond donors (Lipinski definition) is 0. The first-order valence-corrected chi connectivity index (χ1v) is 3.84. The lowest BCUT2D eigenvalue weighted by Gasteiger charge is -2.03. The molecular formula is C7H15P. The molecular weight excluding hydrogens is 115 g/mol. The Balaban J connectivity index is 3.03. The van der Waals surface area contributed by atoms with Crippen LogP contribution in [0, 0.1) is 0 Å². The van der Waals surface area contributed by atoms with Crippen LogP contribution in [-0.2, 0) is 0 Å². The highest BCUT2D eigenvalue weighted by Crippen LogP contribution is 2.11. The van der Waals surface area contributed by atoms with E-state index in [2.05, 4.69) is 22.7 Å². The first kappa shape index (κ1) is 8.17. The van der Waals surface area contributed by atoms with Crippen molar-refractivity contribution >= 4 is 9.24 Å². The van der Waals surface area contributed by atoms with Gasteiger partial charge in [0.05, 0.1) is 0 Å². The molecule has 0 aliphatic heterocycles. The molecule has 0 heterocycles. The van der Waals surface area contributed by atoms with Crippen LogP contribution in [0.15, 0.2) is 12.7 Å². The Hall–Kier alpha value is 0.170. The molecule has 0 radical (unpaired) electrons. The monoisotopic (exact) mass is 130 g/mol. The number of hydrogen-bond acceptors (Lipinski definition) is 0. The van der Waals surface area contributed by atoms with Crippen LogP contribution < -0.4 is 0 Å². The van der Waals surface area contributed by atoms with Crippen molar-refractivity contribution in [1.29, 1.82) is 0 Å². The van der Waals surface area contributed by atoms with Gasteiger partial charge >= 0.3 is 0 Å². The van der Waals surface area contributed by atoms with E-state index in [1.54, 1.807) is 0 Å². The third-order valence-corrected chi connectivity index (χ3v) is 1.73. The summed E-state index contributed by atoms with van der Waals surface area (Å²) in [6, 6.07) is 0. The average molecular weight is 130 g/mol. The highest BCUT2D eigenvalue weighted by Gasteiger charge is 1.94. The van der Waals surface area contributed by atoms with E-state index < -0.39 is 0 Å². The fraction of sp³-hybridized carbons (Fsp3) is 0.714. The Morgan fingerprint density at radius 2 is 2.38 bits per heavy atom. The molecule has 2 atom stereocenters. The predicted octanol–water partition coefficient (Wildman–Crippen LogP) is 2.61. The van der Waals surface area contributed by atoms with Crippen LogP contribution in [0.4, 0.5) is 0 Å². The summed E-state index contributed by atoms with van der Waals surface area (Å²) < 4.78 is 0. The van der Waals surface area contributed by atoms with Gasteiger partial charge in [-0.3, -0.25) is 0 Å². The molecule has 0 saturated carbocycles. The van der Waals surface area contributed by atoms with Gasteiger partial charge in [0.15, 0.2) is 0 Å². The lowest BCUT2D eigenvalue weighted by Crippen LogP contribution is -1.92. The quantitative estimate of drug-likeness (QED) is 0.405. The zero-order chi connectivity index (χ0) is 6.41. The van der Waals surface area contributed by atoms with Crippen molar-refractivity contribution in [3.8, 4) is 0 Å². The average Bonchev–Trinajstić information content (AvgIpc) is 1.68. The Morgan fingerprint density at radius 1 is 1.75 bits per heavy atom. The van der Waals surface area contributed by atoms with E-state index >= 15 is 0 Å². The van der Waals surface area contributed by atoms with Crippen LogP contribution in [0.1, 0.15) is 26.2 Å². The standard InChI is InChI=1S/C7H15P/c1-3-5-7(8)6-4-2/h3,7H,1,4-6,8H2,2H3. The molecule has 0 N–H and O–H groups in total. The predicted molar refractivity (Wildman–Crippen MR) is 43.2 cm³/mol. The fourth-order valence-electron chi connectivity index (χ4n) is 0.703. The molecule has 0 rings (SSSR count). The smallest absolute Gasteiger partial charge is 0.0230 e. The van der Waals surface area contributed by atoms with Crippen LogP contribution in [0.25, 0.3) is 0 Å². The van der Waals surface area contributed by atoms with Gasteiger partial charge in [0, 0.05) is 0 Å². The summed E-state index contributed by atoms with van der Waals surface area (Å²) >= 11 is 0. The minimum Gasteiger partial charge on any atom is -0.134 e. The summed E-state index contributed by atoms with van der Waals surface area (Å²) in [5, 5.41) is 0. The molecule has 8 heavy (non-hydrogen) atoms. The summed E-state index contributed by atoms with van der Waals surface area (Å²) in [7, 11) is 2.83. The minimum atomic E-state index is 0.762. The molecule has 0 saturated heterocycles. The second-order valence-electron chi connectivity index (χ2n) is 2.07. The fourth-order valence-corrected chi connectivity index (χ4v) is 1.23. The summed E-state index contributed by atoms with van der Waals surface area (Å²) in [5.74, 6) is 0. The van der Waals surface area contributed by atoms with E-state index in [0.717, 1.165) is 12.1 Å². The second-order valence-corrected chi connectivity index (χ2v) is 3.02. The molecule has 0 aromatic rings. The highest BCUT2D eigenvalue weighted by atomic mass is 31.0. The molecule has 0 spiro atoms. The highest BCUT2D eigenvalue weighted by molar-refractivity contribution is 7.17. The third kappa shape index (κ3) is 4.33. The molecule has 0 aromatic carbocycles. The Bertz CT molecular complexity index is 59.4. The molecule has 0 fully saturated rings. The maximum absolute atomic E-state index is 3.67. The topological polar surface area (TPSA) is 0 Å². The Kier molecular flexibility index (Phi) is 5.42. The van der Waals surface area contributed by atoms with Crippen LogP contribution in [0.3, 0.4) is 0 Å². The lowest BCUT2D eigenvalue weighted by molar-refractivity contribution is 0.747. The molecule has 1 heteroatoms. The maximum atomic E-state index is 3.67. The van der Waals surface area contributed by atoms with Crippen molar-refractivity contribution in [3.05, 3.63) is 12.7 Å². The van der Waals surface area contributed by atoms with Gasteiger partial charge < -0.3 is 0 Å². The first-order valence-electron chi connectivity index (χ1n) is 3.17. The maximum Gasteiger partial charge on any atom is -0.0230 e. The van der Waals surface area contributed by atoms with Gasteiger partial charge in [-0.25, -0.2) is 0 Å². The van der Waals surface area contributed by atoms with Crippen LogP contribution in [0.2, 0.25) is 0 Å². The van der Waals surface area contributed by atoms with E-state index in [0.29, 0.717) is 0 Å². The number of rotatable bonds is 4. The molecule has 0 aromatic heterocycles. The van der Waals surface area contributed by atoms with Crippen molar-refractivity contribution in [2.45, 2.75) is 31.8 Å². The van der Waals surface area contributed by atoms with Crippen LogP contribution in [0.5, 0.6) is 0 Å². The van der Waals surface area contributed by atoms with Crippen molar-refractivity contribution in [3.63, 3.8) is 0 Å². The summed E-state index contributed by atoms with van der Waals surface area (Å²) in [6.07, 6.45) is 5.70. The zero-order valence-corrected chi connectivity index (χ0v) is 6.72. The lowest BCUT2D eigenvalue weighted by atomic mass is 10.2. The second kappa shape index (κ2) is 5.31. The molecule has 0 amide bonds. The van der Waals surface area contributed by atoms with Crippen LogP contribution >= 0.6 is 9.24 Å². The molecule has 0 aliphatic rings. The van der Waals surface area contributed by atoms with Gasteiger partial charge in [-0.15, -0.1) is 15.8 Å². The van der Waals surface area contributed by atoms with Gasteiger partial charge in [0.1, 0.15) is 0 Å². The van der Waals surface area contributed by atoms with Gasteiger partial charge in [-0.2, -0.15) is 0 Å². The van der Waals surface area contributed by atoms with Crippen molar-refractivity contribution in [2.24, 2.45) is 0 Å². The third-order valence-electron chi connectivity index (χ3n) is 1.13. The van der Waals surface area contributed by atoms with Gasteiger partial charge in [-0.1, -0.05) is 19.4 Å². The SMILES string of the molecule is C=CCC(P)CCC. The molecule has 2 unspecified atom stereocenters.